The SMILES string of the molecule is C[C@@H]1CN(c2cc(F)c(C3=CCN(c4ccc(C5CC5)nn4)CC3)cc2NC(=O)c2c[nH]c(=O)cc2C(F)(F)F)C[C@H](C)N1C. The topological polar surface area (TPSA) is 97.5 Å². The van der Waals surface area contributed by atoms with Crippen LogP contribution in [0.3, 0.4) is 0 Å². The molecule has 0 radical (unpaired) electrons. The lowest BCUT2D eigenvalue weighted by Crippen LogP contribution is -2.55. The molecule has 2 N–H and O–H groups in total. The number of rotatable bonds is 6. The Bertz CT molecular complexity index is 1670. The summed E-state index contributed by atoms with van der Waals surface area (Å²) in [6, 6.07) is 7.36. The van der Waals surface area contributed by atoms with Crippen molar-refractivity contribution in [1.29, 1.82) is 0 Å². The van der Waals surface area contributed by atoms with Gasteiger partial charge in [-0.15, -0.1) is 5.10 Å². The quantitative estimate of drug-likeness (QED) is 0.360. The molecular weight excluding hydrogens is 590 g/mol. The van der Waals surface area contributed by atoms with Gasteiger partial charge in [-0.2, -0.15) is 18.3 Å². The third-order valence-electron chi connectivity index (χ3n) is 9.05. The molecule has 2 fully saturated rings. The van der Waals surface area contributed by atoms with E-state index in [0.717, 1.165) is 30.6 Å². The van der Waals surface area contributed by atoms with Crippen molar-refractivity contribution >= 4 is 28.7 Å². The number of piperazine rings is 1. The Hall–Kier alpha value is -4.26. The summed E-state index contributed by atoms with van der Waals surface area (Å²) >= 11 is 0. The molecule has 0 spiro atoms. The minimum Gasteiger partial charge on any atom is -0.367 e. The molecule has 1 saturated carbocycles. The zero-order valence-electron chi connectivity index (χ0n) is 25.3. The van der Waals surface area contributed by atoms with Gasteiger partial charge in [0.2, 0.25) is 5.56 Å². The summed E-state index contributed by atoms with van der Waals surface area (Å²) in [5.41, 5.74) is -0.532. The molecule has 45 heavy (non-hydrogen) atoms. The summed E-state index contributed by atoms with van der Waals surface area (Å²) in [7, 11) is 2.00. The molecule has 0 unspecified atom stereocenters. The molecule has 6 rings (SSSR count). The van der Waals surface area contributed by atoms with E-state index in [9.17, 15) is 22.8 Å². The van der Waals surface area contributed by atoms with Gasteiger partial charge in [0.25, 0.3) is 5.91 Å². The molecule has 1 aliphatic carbocycles. The highest BCUT2D eigenvalue weighted by Crippen LogP contribution is 2.40. The average Bonchev–Trinajstić information content (AvgIpc) is 3.86. The monoisotopic (exact) mass is 625 g/mol. The number of carbonyl (C=O) groups excluding carboxylic acids is 1. The van der Waals surface area contributed by atoms with Crippen molar-refractivity contribution in [2.24, 2.45) is 0 Å². The van der Waals surface area contributed by atoms with Gasteiger partial charge < -0.3 is 20.1 Å². The Labute approximate surface area is 257 Å². The molecule has 13 heteroatoms. The number of carbonyl (C=O) groups is 1. The summed E-state index contributed by atoms with van der Waals surface area (Å²) in [5, 5.41) is 11.4. The van der Waals surface area contributed by atoms with Gasteiger partial charge in [0.05, 0.1) is 28.2 Å². The first-order valence-electron chi connectivity index (χ1n) is 15.1. The first kappa shape index (κ1) is 30.8. The molecule has 2 aromatic heterocycles. The number of H-pyrrole nitrogens is 1. The number of hydrogen-bond donors (Lipinski definition) is 2. The van der Waals surface area contributed by atoms with Crippen LogP contribution in [0.5, 0.6) is 0 Å². The van der Waals surface area contributed by atoms with Crippen LogP contribution in [0.2, 0.25) is 0 Å². The lowest BCUT2D eigenvalue weighted by atomic mass is 9.96. The number of nitrogens with one attached hydrogen (secondary N) is 2. The van der Waals surface area contributed by atoms with E-state index in [0.29, 0.717) is 55.8 Å². The number of likely N-dealkylation sites (N-methyl/N-ethyl adjacent to an activating group) is 1. The second-order valence-corrected chi connectivity index (χ2v) is 12.2. The first-order valence-corrected chi connectivity index (χ1v) is 15.1. The van der Waals surface area contributed by atoms with Crippen LogP contribution in [-0.2, 0) is 6.18 Å². The lowest BCUT2D eigenvalue weighted by Gasteiger charge is -2.44. The molecule has 1 saturated heterocycles. The van der Waals surface area contributed by atoms with Crippen LogP contribution in [0.15, 0.2) is 47.4 Å². The van der Waals surface area contributed by atoms with E-state index in [1.54, 1.807) is 0 Å². The summed E-state index contributed by atoms with van der Waals surface area (Å²) in [6.45, 7) is 6.13. The smallest absolute Gasteiger partial charge is 0.367 e. The van der Waals surface area contributed by atoms with Crippen molar-refractivity contribution in [3.05, 3.63) is 81.2 Å². The highest BCUT2D eigenvalue weighted by atomic mass is 19.4. The number of anilines is 3. The second-order valence-electron chi connectivity index (χ2n) is 12.2. The van der Waals surface area contributed by atoms with E-state index < -0.39 is 34.6 Å². The minimum absolute atomic E-state index is 0.101. The maximum absolute atomic E-state index is 15.9. The van der Waals surface area contributed by atoms with Gasteiger partial charge in [-0.25, -0.2) is 4.39 Å². The minimum atomic E-state index is -4.93. The number of hydrogen-bond acceptors (Lipinski definition) is 7. The van der Waals surface area contributed by atoms with E-state index in [-0.39, 0.29) is 23.3 Å². The fraction of sp³-hybridized carbons (Fsp3) is 0.438. The van der Waals surface area contributed by atoms with E-state index in [2.05, 4.69) is 25.4 Å². The predicted molar refractivity (Wildman–Crippen MR) is 164 cm³/mol. The molecule has 0 bridgehead atoms. The van der Waals surface area contributed by atoms with Gasteiger partial charge in [-0.3, -0.25) is 14.5 Å². The number of aromatic amines is 1. The number of benzene rings is 1. The predicted octanol–water partition coefficient (Wildman–Crippen LogP) is 5.28. The third-order valence-corrected chi connectivity index (χ3v) is 9.05. The number of alkyl halides is 3. The second kappa shape index (κ2) is 11.9. The van der Waals surface area contributed by atoms with E-state index >= 15 is 4.39 Å². The normalized spacial score (nSPS) is 21.1. The molecule has 1 amide bonds. The van der Waals surface area contributed by atoms with Crippen LogP contribution < -0.4 is 20.7 Å². The highest BCUT2D eigenvalue weighted by molar-refractivity contribution is 6.07. The average molecular weight is 626 g/mol. The van der Waals surface area contributed by atoms with Crippen molar-refractivity contribution < 1.29 is 22.4 Å². The zero-order chi connectivity index (χ0) is 32.0. The number of aromatic nitrogens is 3. The number of halogens is 4. The zero-order valence-corrected chi connectivity index (χ0v) is 25.3. The fourth-order valence-corrected chi connectivity index (χ4v) is 6.08. The molecule has 3 aliphatic rings. The van der Waals surface area contributed by atoms with Gasteiger partial charge in [0.1, 0.15) is 5.82 Å². The van der Waals surface area contributed by atoms with Crippen molar-refractivity contribution in [2.75, 3.05) is 48.3 Å². The van der Waals surface area contributed by atoms with Crippen LogP contribution in [0, 0.1) is 5.82 Å². The molecule has 238 valence electrons. The summed E-state index contributed by atoms with van der Waals surface area (Å²) in [6.07, 6.45) is 0.476. The molecule has 3 aromatic rings. The van der Waals surface area contributed by atoms with Crippen LogP contribution in [-0.4, -0.2) is 71.3 Å². The Morgan fingerprint density at radius 3 is 2.38 bits per heavy atom. The summed E-state index contributed by atoms with van der Waals surface area (Å²) in [4.78, 5) is 33.4. The van der Waals surface area contributed by atoms with E-state index in [4.69, 9.17) is 0 Å². The van der Waals surface area contributed by atoms with Gasteiger partial charge in [-0.1, -0.05) is 6.08 Å². The lowest BCUT2D eigenvalue weighted by molar-refractivity contribution is -0.138. The van der Waals surface area contributed by atoms with E-state index in [1.165, 1.54) is 12.1 Å². The Morgan fingerprint density at radius 1 is 1.04 bits per heavy atom. The molecule has 2 atom stereocenters. The van der Waals surface area contributed by atoms with Crippen LogP contribution in [0.25, 0.3) is 5.57 Å². The molecule has 1 aromatic carbocycles. The van der Waals surface area contributed by atoms with Gasteiger partial charge in [0.15, 0.2) is 5.82 Å². The van der Waals surface area contributed by atoms with Crippen LogP contribution in [0.1, 0.15) is 66.2 Å². The van der Waals surface area contributed by atoms with Gasteiger partial charge in [-0.05, 0) is 70.0 Å². The number of amides is 1. The van der Waals surface area contributed by atoms with Crippen LogP contribution >= 0.6 is 0 Å². The fourth-order valence-electron chi connectivity index (χ4n) is 6.08. The Morgan fingerprint density at radius 2 is 1.78 bits per heavy atom. The van der Waals surface area contributed by atoms with Crippen molar-refractivity contribution in [2.45, 2.75) is 57.3 Å². The summed E-state index contributed by atoms with van der Waals surface area (Å²) < 4.78 is 57.2. The largest absolute Gasteiger partial charge is 0.417 e. The van der Waals surface area contributed by atoms with Gasteiger partial charge in [0, 0.05) is 62.0 Å². The van der Waals surface area contributed by atoms with E-state index in [1.807, 2.05) is 48.9 Å². The third kappa shape index (κ3) is 6.44. The highest BCUT2D eigenvalue weighted by Gasteiger charge is 2.36. The number of nitrogens with zero attached hydrogens (tertiary/aromatic N) is 5. The van der Waals surface area contributed by atoms with Crippen molar-refractivity contribution in [1.82, 2.24) is 20.1 Å². The number of pyridine rings is 1. The molecule has 2 aliphatic heterocycles. The van der Waals surface area contributed by atoms with Gasteiger partial charge >= 0.3 is 6.18 Å². The first-order chi connectivity index (χ1) is 21.4. The standard InChI is InChI=1S/C32H35F4N7O2/c1-18-16-43(17-19(2)41(18)3)28-14-25(33)22(12-27(28)38-31(45)23-15-37-30(44)13-24(23)32(34,35)36)20-8-10-42(11-9-20)29-7-6-26(39-40-29)21-4-5-21/h6-8,12-15,18-19,21H,4-5,9-11,16-17H2,1-3H3,(H,37,44)(H,38,45)/t18-,19+. The summed E-state index contributed by atoms with van der Waals surface area (Å²) in [5.74, 6) is -0.320. The molecule has 4 heterocycles. The molecular formula is C32H35F4N7O2. The maximum atomic E-state index is 15.9. The maximum Gasteiger partial charge on any atom is 0.417 e. The van der Waals surface area contributed by atoms with Crippen molar-refractivity contribution in [3.63, 3.8) is 0 Å². The van der Waals surface area contributed by atoms with Crippen LogP contribution in [0.4, 0.5) is 34.8 Å². The van der Waals surface area contributed by atoms with Crippen molar-refractivity contribution in [3.8, 4) is 0 Å². The molecule has 9 nitrogen and oxygen atoms in total. The Kier molecular flexibility index (Phi) is 8.14. The Balaban J connectivity index is 1.32.